The fraction of sp³-hybridized carbons (Fsp3) is 0.273. The molecule has 0 aliphatic heterocycles. The molecule has 1 amide bonds. The molecule has 8 heteroatoms. The lowest BCUT2D eigenvalue weighted by molar-refractivity contribution is -0.141. The van der Waals surface area contributed by atoms with Gasteiger partial charge in [-0.15, -0.1) is 0 Å². The molecule has 1 N–H and O–H groups in total. The summed E-state index contributed by atoms with van der Waals surface area (Å²) < 4.78 is 21.5. The van der Waals surface area contributed by atoms with Gasteiger partial charge in [-0.3, -0.25) is 9.59 Å². The van der Waals surface area contributed by atoms with Crippen LogP contribution in [0.1, 0.15) is 23.6 Å². The van der Waals surface area contributed by atoms with Crippen LogP contribution in [0.15, 0.2) is 46.9 Å². The summed E-state index contributed by atoms with van der Waals surface area (Å²) >= 11 is 3.40. The fourth-order valence-corrected chi connectivity index (χ4v) is 3.17. The lowest BCUT2D eigenvalue weighted by Crippen LogP contribution is -2.29. The minimum Gasteiger partial charge on any atom is -0.496 e. The molecule has 0 radical (unpaired) electrons. The normalized spacial score (nSPS) is 11.6. The summed E-state index contributed by atoms with van der Waals surface area (Å²) in [6.07, 6.45) is 2.99. The van der Waals surface area contributed by atoms with Crippen LogP contribution in [-0.4, -0.2) is 40.3 Å². The first-order chi connectivity index (χ1) is 14.4. The van der Waals surface area contributed by atoms with E-state index in [9.17, 15) is 9.59 Å². The maximum atomic E-state index is 12.6. The topological polar surface area (TPSA) is 83.1 Å². The molecular formula is C22H24BrNO6. The van der Waals surface area contributed by atoms with E-state index in [0.717, 1.165) is 10.0 Å². The molecule has 1 atom stereocenters. The lowest BCUT2D eigenvalue weighted by Gasteiger charge is -2.19. The molecule has 160 valence electrons. The van der Waals surface area contributed by atoms with E-state index in [-0.39, 0.29) is 12.3 Å². The molecule has 30 heavy (non-hydrogen) atoms. The van der Waals surface area contributed by atoms with Gasteiger partial charge in [0.25, 0.3) is 0 Å². The zero-order valence-corrected chi connectivity index (χ0v) is 18.8. The number of rotatable bonds is 9. The van der Waals surface area contributed by atoms with Crippen molar-refractivity contribution in [1.29, 1.82) is 0 Å². The molecule has 0 bridgehead atoms. The third kappa shape index (κ3) is 6.25. The molecule has 0 aliphatic carbocycles. The molecule has 7 nitrogen and oxygen atoms in total. The Morgan fingerprint density at radius 1 is 0.967 bits per heavy atom. The summed E-state index contributed by atoms with van der Waals surface area (Å²) in [6, 6.07) is 10.1. The summed E-state index contributed by atoms with van der Waals surface area (Å²) in [7, 11) is 5.91. The van der Waals surface area contributed by atoms with Gasteiger partial charge in [0, 0.05) is 16.1 Å². The van der Waals surface area contributed by atoms with Gasteiger partial charge in [0.1, 0.15) is 5.75 Å². The summed E-state index contributed by atoms with van der Waals surface area (Å²) in [5, 5.41) is 2.83. The quantitative estimate of drug-likeness (QED) is 0.435. The van der Waals surface area contributed by atoms with E-state index in [0.29, 0.717) is 22.8 Å². The van der Waals surface area contributed by atoms with Crippen molar-refractivity contribution in [2.75, 3.05) is 28.4 Å². The van der Waals surface area contributed by atoms with Gasteiger partial charge in [0.2, 0.25) is 5.91 Å². The molecule has 2 aromatic rings. The number of benzene rings is 2. The minimum atomic E-state index is -0.612. The van der Waals surface area contributed by atoms with Gasteiger partial charge >= 0.3 is 5.97 Å². The first kappa shape index (κ1) is 23.3. The number of hydrogen-bond donors (Lipinski definition) is 1. The maximum absolute atomic E-state index is 12.6. The highest BCUT2D eigenvalue weighted by molar-refractivity contribution is 9.10. The third-order valence-electron chi connectivity index (χ3n) is 4.33. The Kier molecular flexibility index (Phi) is 8.73. The second kappa shape index (κ2) is 11.3. The third-order valence-corrected chi connectivity index (χ3v) is 4.82. The minimum absolute atomic E-state index is 0.0359. The van der Waals surface area contributed by atoms with Crippen molar-refractivity contribution < 1.29 is 28.5 Å². The summed E-state index contributed by atoms with van der Waals surface area (Å²) in [5.41, 5.74) is 1.41. The van der Waals surface area contributed by atoms with Crippen molar-refractivity contribution in [2.45, 2.75) is 12.5 Å². The van der Waals surface area contributed by atoms with Crippen molar-refractivity contribution in [1.82, 2.24) is 5.32 Å². The zero-order valence-electron chi connectivity index (χ0n) is 17.2. The predicted molar refractivity (Wildman–Crippen MR) is 117 cm³/mol. The van der Waals surface area contributed by atoms with Crippen molar-refractivity contribution in [3.8, 4) is 17.2 Å². The molecular weight excluding hydrogens is 454 g/mol. The van der Waals surface area contributed by atoms with Crippen molar-refractivity contribution in [2.24, 2.45) is 0 Å². The SMILES string of the molecule is COC(=O)CC(NC(=O)/C=C/c1cc(Br)ccc1OC)c1ccc(OC)c(OC)c1. The zero-order chi connectivity index (χ0) is 22.1. The van der Waals surface area contributed by atoms with Crippen LogP contribution in [0.25, 0.3) is 6.08 Å². The van der Waals surface area contributed by atoms with Crippen LogP contribution in [0, 0.1) is 0 Å². The van der Waals surface area contributed by atoms with Gasteiger partial charge in [0.15, 0.2) is 11.5 Å². The molecule has 0 aliphatic rings. The number of methoxy groups -OCH3 is 4. The van der Waals surface area contributed by atoms with Crippen molar-refractivity contribution in [3.63, 3.8) is 0 Å². The van der Waals surface area contributed by atoms with Gasteiger partial charge in [-0.25, -0.2) is 0 Å². The van der Waals surface area contributed by atoms with Crippen LogP contribution in [0.3, 0.4) is 0 Å². The standard InChI is InChI=1S/C22H24BrNO6/c1-27-18-9-7-16(23)11-15(18)6-10-21(25)24-17(13-22(26)30-4)14-5-8-19(28-2)20(12-14)29-3/h5-12,17H,13H2,1-4H3,(H,24,25)/b10-6+. The smallest absolute Gasteiger partial charge is 0.307 e. The highest BCUT2D eigenvalue weighted by Gasteiger charge is 2.20. The fourth-order valence-electron chi connectivity index (χ4n) is 2.79. The average Bonchev–Trinajstić information content (AvgIpc) is 2.76. The largest absolute Gasteiger partial charge is 0.496 e. The molecule has 0 fully saturated rings. The number of halogens is 1. The molecule has 0 spiro atoms. The second-order valence-corrected chi connectivity index (χ2v) is 7.09. The van der Waals surface area contributed by atoms with Crippen LogP contribution in [0.4, 0.5) is 0 Å². The van der Waals surface area contributed by atoms with Crippen LogP contribution in [-0.2, 0) is 14.3 Å². The van der Waals surface area contributed by atoms with E-state index < -0.39 is 12.0 Å². The Morgan fingerprint density at radius 2 is 1.63 bits per heavy atom. The van der Waals surface area contributed by atoms with E-state index in [1.165, 1.54) is 27.4 Å². The molecule has 1 unspecified atom stereocenters. The Labute approximate surface area is 184 Å². The molecule has 2 rings (SSSR count). The summed E-state index contributed by atoms with van der Waals surface area (Å²) in [4.78, 5) is 24.5. The average molecular weight is 478 g/mol. The number of hydrogen-bond acceptors (Lipinski definition) is 6. The Hall–Kier alpha value is -3.00. The van der Waals surface area contributed by atoms with Crippen LogP contribution in [0.5, 0.6) is 17.2 Å². The Balaban J connectivity index is 2.25. The Morgan fingerprint density at radius 3 is 2.27 bits per heavy atom. The van der Waals surface area contributed by atoms with E-state index in [4.69, 9.17) is 18.9 Å². The van der Waals surface area contributed by atoms with Crippen molar-refractivity contribution >= 4 is 33.9 Å². The molecule has 0 aromatic heterocycles. The summed E-state index contributed by atoms with van der Waals surface area (Å²) in [6.45, 7) is 0. The van der Waals surface area contributed by atoms with Gasteiger partial charge in [0.05, 0.1) is 40.9 Å². The van der Waals surface area contributed by atoms with Crippen LogP contribution >= 0.6 is 15.9 Å². The predicted octanol–water partition coefficient (Wildman–Crippen LogP) is 3.91. The van der Waals surface area contributed by atoms with Gasteiger partial charge < -0.3 is 24.3 Å². The second-order valence-electron chi connectivity index (χ2n) is 6.18. The monoisotopic (exact) mass is 477 g/mol. The maximum Gasteiger partial charge on any atom is 0.307 e. The van der Waals surface area contributed by atoms with E-state index in [1.807, 2.05) is 12.1 Å². The number of carbonyl (C=O) groups is 2. The number of nitrogens with one attached hydrogen (secondary N) is 1. The number of amides is 1. The van der Waals surface area contributed by atoms with Gasteiger partial charge in [-0.2, -0.15) is 0 Å². The van der Waals surface area contributed by atoms with Crippen molar-refractivity contribution in [3.05, 3.63) is 58.1 Å². The number of carbonyl (C=O) groups excluding carboxylic acids is 2. The molecule has 2 aromatic carbocycles. The Bertz CT molecular complexity index is 928. The van der Waals surface area contributed by atoms with Gasteiger partial charge in [-0.05, 0) is 42.0 Å². The van der Waals surface area contributed by atoms with E-state index >= 15 is 0 Å². The number of esters is 1. The molecule has 0 saturated heterocycles. The first-order valence-electron chi connectivity index (χ1n) is 9.02. The highest BCUT2D eigenvalue weighted by Crippen LogP contribution is 2.31. The highest BCUT2D eigenvalue weighted by atomic mass is 79.9. The first-order valence-corrected chi connectivity index (χ1v) is 9.82. The van der Waals surface area contributed by atoms with Crippen LogP contribution < -0.4 is 19.5 Å². The lowest BCUT2D eigenvalue weighted by atomic mass is 10.0. The van der Waals surface area contributed by atoms with E-state index in [2.05, 4.69) is 21.2 Å². The molecule has 0 saturated carbocycles. The summed E-state index contributed by atoms with van der Waals surface area (Å²) in [5.74, 6) is 0.848. The van der Waals surface area contributed by atoms with Crippen LogP contribution in [0.2, 0.25) is 0 Å². The molecule has 0 heterocycles. The number of ether oxygens (including phenoxy) is 4. The van der Waals surface area contributed by atoms with Gasteiger partial charge in [-0.1, -0.05) is 22.0 Å². The van der Waals surface area contributed by atoms with E-state index in [1.54, 1.807) is 37.5 Å².